The molecule has 1 aromatic carbocycles. The molecule has 1 aliphatic rings. The molecule has 1 N–H and O–H groups in total. The van der Waals surface area contributed by atoms with Gasteiger partial charge in [-0.2, -0.15) is 0 Å². The molecule has 1 amide bonds. The van der Waals surface area contributed by atoms with E-state index < -0.39 is 0 Å². The highest BCUT2D eigenvalue weighted by Crippen LogP contribution is 2.21. The molecule has 1 aliphatic carbocycles. The van der Waals surface area contributed by atoms with Gasteiger partial charge in [0.15, 0.2) is 0 Å². The Kier molecular flexibility index (Phi) is 5.57. The number of nitrogens with one attached hydrogen (secondary N) is 1. The summed E-state index contributed by atoms with van der Waals surface area (Å²) in [7, 11) is 0. The molecule has 4 heteroatoms. The summed E-state index contributed by atoms with van der Waals surface area (Å²) in [5.74, 6) is 0.674. The van der Waals surface area contributed by atoms with Crippen LogP contribution >= 0.6 is 27.7 Å². The number of benzene rings is 1. The molecule has 0 spiro atoms. The fourth-order valence-electron chi connectivity index (χ4n) is 2.20. The molecule has 0 aromatic heterocycles. The van der Waals surface area contributed by atoms with Crippen molar-refractivity contribution in [2.24, 2.45) is 0 Å². The lowest BCUT2D eigenvalue weighted by Crippen LogP contribution is -2.37. The summed E-state index contributed by atoms with van der Waals surface area (Å²) >= 11 is 5.00. The van der Waals surface area contributed by atoms with Crippen LogP contribution in [0.1, 0.15) is 32.1 Å². The lowest BCUT2D eigenvalue weighted by Gasteiger charge is -2.22. The number of rotatable bonds is 4. The summed E-state index contributed by atoms with van der Waals surface area (Å²) in [4.78, 5) is 12.9. The summed E-state index contributed by atoms with van der Waals surface area (Å²) in [5.41, 5.74) is 0. The summed E-state index contributed by atoms with van der Waals surface area (Å²) in [6, 6.07) is 8.48. The van der Waals surface area contributed by atoms with Crippen LogP contribution in [0.25, 0.3) is 0 Å². The molecule has 0 aliphatic heterocycles. The van der Waals surface area contributed by atoms with E-state index in [1.807, 2.05) is 24.3 Å². The average Bonchev–Trinajstić information content (AvgIpc) is 2.39. The van der Waals surface area contributed by atoms with Crippen LogP contribution in [0.5, 0.6) is 0 Å². The van der Waals surface area contributed by atoms with Gasteiger partial charge in [-0.15, -0.1) is 11.8 Å². The Bertz CT molecular complexity index is 387. The highest BCUT2D eigenvalue weighted by molar-refractivity contribution is 9.10. The molecular formula is C14H18BrNOS. The average molecular weight is 328 g/mol. The minimum Gasteiger partial charge on any atom is -0.353 e. The van der Waals surface area contributed by atoms with Crippen molar-refractivity contribution in [3.05, 3.63) is 28.7 Å². The molecule has 0 unspecified atom stereocenters. The minimum atomic E-state index is 0.162. The molecular weight excluding hydrogens is 310 g/mol. The molecule has 0 bridgehead atoms. The van der Waals surface area contributed by atoms with Gasteiger partial charge in [0.25, 0.3) is 0 Å². The van der Waals surface area contributed by atoms with Crippen LogP contribution in [0.15, 0.2) is 33.6 Å². The smallest absolute Gasteiger partial charge is 0.230 e. The third-order valence-corrected chi connectivity index (χ3v) is 4.69. The van der Waals surface area contributed by atoms with Gasteiger partial charge in [0, 0.05) is 15.4 Å². The van der Waals surface area contributed by atoms with E-state index in [-0.39, 0.29) is 5.91 Å². The maximum Gasteiger partial charge on any atom is 0.230 e. The van der Waals surface area contributed by atoms with Crippen LogP contribution < -0.4 is 5.32 Å². The van der Waals surface area contributed by atoms with Gasteiger partial charge < -0.3 is 5.32 Å². The van der Waals surface area contributed by atoms with E-state index in [1.165, 1.54) is 19.3 Å². The summed E-state index contributed by atoms with van der Waals surface area (Å²) in [5, 5.41) is 3.13. The standard InChI is InChI=1S/C14H18BrNOS/c15-11-6-8-13(9-7-11)18-10-14(17)16-12-4-2-1-3-5-12/h6-9,12H,1-5,10H2,(H,16,17). The minimum absolute atomic E-state index is 0.162. The summed E-state index contributed by atoms with van der Waals surface area (Å²) in [6.45, 7) is 0. The monoisotopic (exact) mass is 327 g/mol. The van der Waals surface area contributed by atoms with E-state index in [0.29, 0.717) is 11.8 Å². The largest absolute Gasteiger partial charge is 0.353 e. The van der Waals surface area contributed by atoms with Crippen LogP contribution in [0.2, 0.25) is 0 Å². The SMILES string of the molecule is O=C(CSc1ccc(Br)cc1)NC1CCCCC1. The van der Waals surface area contributed by atoms with Gasteiger partial charge in [-0.1, -0.05) is 35.2 Å². The second-order valence-electron chi connectivity index (χ2n) is 4.65. The highest BCUT2D eigenvalue weighted by Gasteiger charge is 2.15. The van der Waals surface area contributed by atoms with Crippen molar-refractivity contribution in [2.75, 3.05) is 5.75 Å². The number of hydrogen-bond acceptors (Lipinski definition) is 2. The summed E-state index contributed by atoms with van der Waals surface area (Å²) < 4.78 is 1.07. The predicted octanol–water partition coefficient (Wildman–Crippen LogP) is 3.99. The Labute approximate surface area is 121 Å². The third-order valence-electron chi connectivity index (χ3n) is 3.15. The maximum atomic E-state index is 11.8. The van der Waals surface area contributed by atoms with Gasteiger partial charge in [0.05, 0.1) is 5.75 Å². The number of hydrogen-bond donors (Lipinski definition) is 1. The highest BCUT2D eigenvalue weighted by atomic mass is 79.9. The van der Waals surface area contributed by atoms with E-state index in [2.05, 4.69) is 21.2 Å². The van der Waals surface area contributed by atoms with Crippen molar-refractivity contribution < 1.29 is 4.79 Å². The van der Waals surface area contributed by atoms with Gasteiger partial charge in [-0.3, -0.25) is 4.79 Å². The molecule has 98 valence electrons. The van der Waals surface area contributed by atoms with Crippen LogP contribution in [0.3, 0.4) is 0 Å². The molecule has 18 heavy (non-hydrogen) atoms. The first kappa shape index (κ1) is 13.9. The zero-order chi connectivity index (χ0) is 12.8. The molecule has 0 atom stereocenters. The predicted molar refractivity (Wildman–Crippen MR) is 79.9 cm³/mol. The Hall–Kier alpha value is -0.480. The first-order valence-electron chi connectivity index (χ1n) is 6.42. The van der Waals surface area contributed by atoms with Gasteiger partial charge in [-0.25, -0.2) is 0 Å². The first-order chi connectivity index (χ1) is 8.74. The van der Waals surface area contributed by atoms with Gasteiger partial charge >= 0.3 is 0 Å². The third kappa shape index (κ3) is 4.65. The van der Waals surface area contributed by atoms with Gasteiger partial charge in [0.2, 0.25) is 5.91 Å². The van der Waals surface area contributed by atoms with Crippen LogP contribution in [0, 0.1) is 0 Å². The number of carbonyl (C=O) groups excluding carboxylic acids is 1. The van der Waals surface area contributed by atoms with Crippen molar-refractivity contribution in [3.63, 3.8) is 0 Å². The molecule has 1 aromatic rings. The maximum absolute atomic E-state index is 11.8. The molecule has 0 saturated heterocycles. The Morgan fingerprint density at radius 3 is 2.56 bits per heavy atom. The first-order valence-corrected chi connectivity index (χ1v) is 8.19. The number of amides is 1. The van der Waals surface area contributed by atoms with Crippen molar-refractivity contribution in [1.82, 2.24) is 5.32 Å². The molecule has 0 radical (unpaired) electrons. The van der Waals surface area contributed by atoms with Crippen LogP contribution in [0.4, 0.5) is 0 Å². The van der Waals surface area contributed by atoms with E-state index in [0.717, 1.165) is 22.2 Å². The quantitative estimate of drug-likeness (QED) is 0.847. The Morgan fingerprint density at radius 1 is 1.22 bits per heavy atom. The van der Waals surface area contributed by atoms with Crippen molar-refractivity contribution >= 4 is 33.6 Å². The molecule has 1 saturated carbocycles. The molecule has 1 fully saturated rings. The van der Waals surface area contributed by atoms with Crippen molar-refractivity contribution in [1.29, 1.82) is 0 Å². The normalized spacial score (nSPS) is 16.5. The molecule has 0 heterocycles. The second-order valence-corrected chi connectivity index (χ2v) is 6.61. The second kappa shape index (κ2) is 7.19. The fraction of sp³-hybridized carbons (Fsp3) is 0.500. The van der Waals surface area contributed by atoms with Crippen molar-refractivity contribution in [3.8, 4) is 0 Å². The van der Waals surface area contributed by atoms with Crippen LogP contribution in [-0.4, -0.2) is 17.7 Å². The number of carbonyl (C=O) groups is 1. The molecule has 2 nitrogen and oxygen atoms in total. The lowest BCUT2D eigenvalue weighted by molar-refractivity contribution is -0.119. The number of thioether (sulfide) groups is 1. The van der Waals surface area contributed by atoms with Crippen LogP contribution in [-0.2, 0) is 4.79 Å². The fourth-order valence-corrected chi connectivity index (χ4v) is 3.17. The van der Waals surface area contributed by atoms with E-state index in [9.17, 15) is 4.79 Å². The topological polar surface area (TPSA) is 29.1 Å². The molecule has 2 rings (SSSR count). The van der Waals surface area contributed by atoms with Gasteiger partial charge in [0.1, 0.15) is 0 Å². The van der Waals surface area contributed by atoms with E-state index >= 15 is 0 Å². The van der Waals surface area contributed by atoms with Crippen molar-refractivity contribution in [2.45, 2.75) is 43.0 Å². The Morgan fingerprint density at radius 2 is 1.89 bits per heavy atom. The Balaban J connectivity index is 1.72. The van der Waals surface area contributed by atoms with E-state index in [4.69, 9.17) is 0 Å². The van der Waals surface area contributed by atoms with Gasteiger partial charge in [-0.05, 0) is 37.1 Å². The lowest BCUT2D eigenvalue weighted by atomic mass is 9.95. The summed E-state index contributed by atoms with van der Waals surface area (Å²) in [6.07, 6.45) is 6.12. The zero-order valence-corrected chi connectivity index (χ0v) is 12.7. The zero-order valence-electron chi connectivity index (χ0n) is 10.3. The van der Waals surface area contributed by atoms with E-state index in [1.54, 1.807) is 11.8 Å². The number of halogens is 1.